The Hall–Kier alpha value is -4.72. The number of nitrogens with one attached hydrogen (secondary N) is 2. The van der Waals surface area contributed by atoms with E-state index < -0.39 is 5.92 Å². The highest BCUT2D eigenvalue weighted by atomic mass is 16.5. The molecule has 39 heavy (non-hydrogen) atoms. The number of Topliss-reactive ketones (excluding diaryl/α,β-unsaturated/α-hetero) is 1. The van der Waals surface area contributed by atoms with Gasteiger partial charge in [-0.3, -0.25) is 14.7 Å². The first-order valence-corrected chi connectivity index (χ1v) is 12.8. The molecule has 2 N–H and O–H groups in total. The number of hydrogen-bond acceptors (Lipinski definition) is 6. The fourth-order valence-electron chi connectivity index (χ4n) is 5.72. The number of carbonyl (C=O) groups is 1. The molecule has 0 amide bonds. The number of aromatic amines is 1. The second-order valence-electron chi connectivity index (χ2n) is 9.74. The first-order chi connectivity index (χ1) is 19.0. The van der Waals surface area contributed by atoms with Crippen molar-refractivity contribution in [3.05, 3.63) is 111 Å². The minimum atomic E-state index is -0.505. The third-order valence-electron chi connectivity index (χ3n) is 7.63. The minimum absolute atomic E-state index is 0.0156. The molecular weight excluding hydrogens is 494 g/mol. The molecule has 0 spiro atoms. The van der Waals surface area contributed by atoms with E-state index in [9.17, 15) is 9.59 Å². The van der Waals surface area contributed by atoms with E-state index in [2.05, 4.69) is 10.4 Å². The SMILES string of the molecule is COc1ccc(C2C3=C(CC(c4ccc(OC)c(OC)c4)CC3=O)Nc3[nH]n(-c4ccccc4)c(=O)c32)cc1. The number of rotatable bonds is 6. The summed E-state index contributed by atoms with van der Waals surface area (Å²) in [5, 5.41) is 6.70. The van der Waals surface area contributed by atoms with E-state index in [4.69, 9.17) is 14.2 Å². The van der Waals surface area contributed by atoms with E-state index in [1.807, 2.05) is 72.8 Å². The Labute approximate surface area is 225 Å². The maximum atomic E-state index is 13.9. The van der Waals surface area contributed by atoms with E-state index in [-0.39, 0.29) is 17.3 Å². The van der Waals surface area contributed by atoms with Crippen LogP contribution in [0, 0.1) is 0 Å². The standard InChI is InChI=1S/C31H29N3O5/c1-37-22-12-9-18(10-13-22)27-28-23(32-30-29(27)31(36)34(33-30)21-7-5-4-6-8-21)15-20(16-24(28)35)19-11-14-25(38-2)26(17-19)39-3/h4-14,17,20,27,32-33H,15-16H2,1-3H3. The van der Waals surface area contributed by atoms with Gasteiger partial charge in [-0.25, -0.2) is 4.68 Å². The van der Waals surface area contributed by atoms with Gasteiger partial charge in [0.15, 0.2) is 17.3 Å². The Kier molecular flexibility index (Phi) is 6.23. The monoisotopic (exact) mass is 523 g/mol. The lowest BCUT2D eigenvalue weighted by Gasteiger charge is -2.34. The number of nitrogens with zero attached hydrogens (tertiary/aromatic N) is 1. The Balaban J connectivity index is 1.47. The zero-order valence-corrected chi connectivity index (χ0v) is 22.0. The largest absolute Gasteiger partial charge is 0.497 e. The molecule has 2 atom stereocenters. The van der Waals surface area contributed by atoms with Crippen LogP contribution in [0.2, 0.25) is 0 Å². The summed E-state index contributed by atoms with van der Waals surface area (Å²) in [6.45, 7) is 0. The number of ether oxygens (including phenoxy) is 3. The molecule has 6 rings (SSSR count). The fraction of sp³-hybridized carbons (Fsp3) is 0.226. The van der Waals surface area contributed by atoms with Crippen molar-refractivity contribution in [3.63, 3.8) is 0 Å². The van der Waals surface area contributed by atoms with Crippen LogP contribution in [0.1, 0.15) is 41.4 Å². The van der Waals surface area contributed by atoms with E-state index in [0.717, 1.165) is 22.5 Å². The second-order valence-corrected chi connectivity index (χ2v) is 9.74. The number of anilines is 1. The Bertz CT molecular complexity index is 1630. The number of H-pyrrole nitrogens is 1. The van der Waals surface area contributed by atoms with Gasteiger partial charge in [0, 0.05) is 23.6 Å². The molecule has 2 aliphatic rings. The molecule has 8 heteroatoms. The van der Waals surface area contributed by atoms with Crippen LogP contribution in [0.3, 0.4) is 0 Å². The number of carbonyl (C=O) groups excluding carboxylic acids is 1. The zero-order valence-electron chi connectivity index (χ0n) is 22.0. The van der Waals surface area contributed by atoms with E-state index in [0.29, 0.717) is 47.0 Å². The Morgan fingerprint density at radius 1 is 0.795 bits per heavy atom. The summed E-state index contributed by atoms with van der Waals surface area (Å²) in [6.07, 6.45) is 0.941. The lowest BCUT2D eigenvalue weighted by Crippen LogP contribution is -2.32. The molecule has 0 saturated carbocycles. The quantitative estimate of drug-likeness (QED) is 0.363. The van der Waals surface area contributed by atoms with Crippen LogP contribution in [-0.2, 0) is 4.79 Å². The highest BCUT2D eigenvalue weighted by molar-refractivity contribution is 6.01. The highest BCUT2D eigenvalue weighted by Gasteiger charge is 2.41. The van der Waals surface area contributed by atoms with Crippen LogP contribution in [0.15, 0.2) is 88.9 Å². The van der Waals surface area contributed by atoms with Crippen LogP contribution < -0.4 is 25.1 Å². The normalized spacial score (nSPS) is 18.2. The second kappa shape index (κ2) is 9.87. The fourth-order valence-corrected chi connectivity index (χ4v) is 5.72. The van der Waals surface area contributed by atoms with Gasteiger partial charge in [-0.1, -0.05) is 36.4 Å². The van der Waals surface area contributed by atoms with E-state index in [1.165, 1.54) is 4.68 Å². The van der Waals surface area contributed by atoms with Crippen molar-refractivity contribution in [3.8, 4) is 22.9 Å². The molecule has 0 bridgehead atoms. The summed E-state index contributed by atoms with van der Waals surface area (Å²) in [5.41, 5.74) is 4.38. The van der Waals surface area contributed by atoms with Gasteiger partial charge in [-0.15, -0.1) is 0 Å². The average molecular weight is 524 g/mol. The molecule has 1 aromatic heterocycles. The van der Waals surface area contributed by atoms with Crippen LogP contribution >= 0.6 is 0 Å². The maximum Gasteiger partial charge on any atom is 0.277 e. The molecule has 0 radical (unpaired) electrons. The summed E-state index contributed by atoms with van der Waals surface area (Å²) in [5.74, 6) is 2.04. The predicted molar refractivity (Wildman–Crippen MR) is 148 cm³/mol. The Morgan fingerprint density at radius 2 is 1.51 bits per heavy atom. The molecule has 3 aromatic carbocycles. The van der Waals surface area contributed by atoms with Gasteiger partial charge in [0.25, 0.3) is 5.56 Å². The molecule has 0 saturated heterocycles. The van der Waals surface area contributed by atoms with E-state index in [1.54, 1.807) is 21.3 Å². The smallest absolute Gasteiger partial charge is 0.277 e. The first-order valence-electron chi connectivity index (χ1n) is 12.8. The number of fused-ring (bicyclic) bond motifs is 1. The highest BCUT2D eigenvalue weighted by Crippen LogP contribution is 2.47. The summed E-state index contributed by atoms with van der Waals surface area (Å²) in [4.78, 5) is 27.7. The van der Waals surface area contributed by atoms with Gasteiger partial charge in [-0.2, -0.15) is 0 Å². The summed E-state index contributed by atoms with van der Waals surface area (Å²) in [6, 6.07) is 22.8. The van der Waals surface area contributed by atoms with Crippen molar-refractivity contribution in [1.29, 1.82) is 0 Å². The number of ketones is 1. The molecular formula is C31H29N3O5. The minimum Gasteiger partial charge on any atom is -0.497 e. The molecule has 198 valence electrons. The molecule has 1 aliphatic carbocycles. The number of allylic oxidation sites excluding steroid dienone is 2. The number of hydrogen-bond donors (Lipinski definition) is 2. The lowest BCUT2D eigenvalue weighted by molar-refractivity contribution is -0.116. The van der Waals surface area contributed by atoms with Crippen molar-refractivity contribution in [2.45, 2.75) is 24.7 Å². The number of aromatic nitrogens is 2. The molecule has 1 aliphatic heterocycles. The van der Waals surface area contributed by atoms with Gasteiger partial charge >= 0.3 is 0 Å². The van der Waals surface area contributed by atoms with Crippen molar-refractivity contribution in [2.75, 3.05) is 26.6 Å². The van der Waals surface area contributed by atoms with Gasteiger partial charge in [0.05, 0.1) is 32.6 Å². The average Bonchev–Trinajstić information content (AvgIpc) is 3.31. The van der Waals surface area contributed by atoms with Gasteiger partial charge < -0.3 is 19.5 Å². The van der Waals surface area contributed by atoms with Crippen LogP contribution in [0.4, 0.5) is 5.82 Å². The van der Waals surface area contributed by atoms with Crippen molar-refractivity contribution >= 4 is 11.6 Å². The van der Waals surface area contributed by atoms with Crippen LogP contribution in [0.5, 0.6) is 17.2 Å². The molecule has 0 fully saturated rings. The van der Waals surface area contributed by atoms with Gasteiger partial charge in [0.1, 0.15) is 11.6 Å². The summed E-state index contributed by atoms with van der Waals surface area (Å²) >= 11 is 0. The van der Waals surface area contributed by atoms with Crippen molar-refractivity contribution in [2.24, 2.45) is 0 Å². The van der Waals surface area contributed by atoms with Crippen LogP contribution in [0.25, 0.3) is 5.69 Å². The number of para-hydroxylation sites is 1. The maximum absolute atomic E-state index is 13.9. The molecule has 2 heterocycles. The Morgan fingerprint density at radius 3 is 2.21 bits per heavy atom. The third-order valence-corrected chi connectivity index (χ3v) is 7.63. The number of methoxy groups -OCH3 is 3. The lowest BCUT2D eigenvalue weighted by atomic mass is 9.73. The van der Waals surface area contributed by atoms with Crippen LogP contribution in [-0.4, -0.2) is 36.9 Å². The predicted octanol–water partition coefficient (Wildman–Crippen LogP) is 5.15. The topological polar surface area (TPSA) is 94.6 Å². The van der Waals surface area contributed by atoms with Gasteiger partial charge in [-0.05, 0) is 59.9 Å². The number of benzene rings is 3. The third kappa shape index (κ3) is 4.18. The molecule has 2 unspecified atom stereocenters. The van der Waals surface area contributed by atoms with Gasteiger partial charge in [0.2, 0.25) is 0 Å². The summed E-state index contributed by atoms with van der Waals surface area (Å²) < 4.78 is 17.8. The van der Waals surface area contributed by atoms with Crippen molar-refractivity contribution in [1.82, 2.24) is 9.78 Å². The summed E-state index contributed by atoms with van der Waals surface area (Å²) in [7, 11) is 4.82. The molecule has 4 aromatic rings. The zero-order chi connectivity index (χ0) is 27.1. The first kappa shape index (κ1) is 24.6. The molecule has 8 nitrogen and oxygen atoms in total. The van der Waals surface area contributed by atoms with Crippen molar-refractivity contribution < 1.29 is 19.0 Å². The van der Waals surface area contributed by atoms with E-state index >= 15 is 0 Å².